The predicted molar refractivity (Wildman–Crippen MR) is 76.7 cm³/mol. The van der Waals surface area contributed by atoms with Crippen LogP contribution < -0.4 is 10.9 Å². The van der Waals surface area contributed by atoms with Crippen molar-refractivity contribution in [2.45, 2.75) is 6.54 Å². The molecule has 6 nitrogen and oxygen atoms in total. The Bertz CT molecular complexity index is 812. The van der Waals surface area contributed by atoms with E-state index in [0.29, 0.717) is 17.4 Å². The largest absolute Gasteiger partial charge is 0.388 e. The topological polar surface area (TPSA) is 72.7 Å². The number of rotatable bonds is 3. The SMILES string of the molecule is CNc1ccnc(Cn2nnc3ccccc3c2=O)c1. The van der Waals surface area contributed by atoms with Crippen molar-refractivity contribution >= 4 is 16.6 Å². The first kappa shape index (κ1) is 12.3. The van der Waals surface area contributed by atoms with E-state index in [-0.39, 0.29) is 5.56 Å². The van der Waals surface area contributed by atoms with Crippen molar-refractivity contribution < 1.29 is 0 Å². The zero-order valence-electron chi connectivity index (χ0n) is 10.9. The van der Waals surface area contributed by atoms with Crippen LogP contribution in [0, 0.1) is 0 Å². The summed E-state index contributed by atoms with van der Waals surface area (Å²) < 4.78 is 1.32. The van der Waals surface area contributed by atoms with Gasteiger partial charge < -0.3 is 5.32 Å². The van der Waals surface area contributed by atoms with Crippen LogP contribution in [0.2, 0.25) is 0 Å². The minimum atomic E-state index is -0.160. The lowest BCUT2D eigenvalue weighted by Crippen LogP contribution is -2.25. The quantitative estimate of drug-likeness (QED) is 0.773. The highest BCUT2D eigenvalue weighted by Gasteiger charge is 2.06. The molecule has 0 fully saturated rings. The molecule has 0 unspecified atom stereocenters. The predicted octanol–water partition coefficient (Wildman–Crippen LogP) is 1.28. The third-order valence-corrected chi connectivity index (χ3v) is 3.05. The highest BCUT2D eigenvalue weighted by atomic mass is 16.1. The maximum absolute atomic E-state index is 12.3. The summed E-state index contributed by atoms with van der Waals surface area (Å²) in [7, 11) is 1.83. The van der Waals surface area contributed by atoms with Crippen molar-refractivity contribution in [2.75, 3.05) is 12.4 Å². The third-order valence-electron chi connectivity index (χ3n) is 3.05. The number of anilines is 1. The van der Waals surface area contributed by atoms with E-state index in [1.54, 1.807) is 18.3 Å². The number of nitrogens with zero attached hydrogens (tertiary/aromatic N) is 4. The lowest BCUT2D eigenvalue weighted by atomic mass is 10.2. The van der Waals surface area contributed by atoms with Crippen molar-refractivity contribution in [1.29, 1.82) is 0 Å². The lowest BCUT2D eigenvalue weighted by molar-refractivity contribution is 0.592. The van der Waals surface area contributed by atoms with Crippen molar-refractivity contribution in [3.8, 4) is 0 Å². The van der Waals surface area contributed by atoms with E-state index in [0.717, 1.165) is 11.4 Å². The fourth-order valence-corrected chi connectivity index (χ4v) is 2.00. The van der Waals surface area contributed by atoms with Crippen LogP contribution in [-0.4, -0.2) is 27.0 Å². The lowest BCUT2D eigenvalue weighted by Gasteiger charge is -2.06. The molecule has 0 aliphatic carbocycles. The summed E-state index contributed by atoms with van der Waals surface area (Å²) >= 11 is 0. The minimum absolute atomic E-state index is 0.160. The van der Waals surface area contributed by atoms with Crippen LogP contribution in [0.15, 0.2) is 47.4 Å². The van der Waals surface area contributed by atoms with Gasteiger partial charge in [-0.15, -0.1) is 5.10 Å². The molecule has 0 amide bonds. The molecule has 1 aromatic carbocycles. The van der Waals surface area contributed by atoms with Gasteiger partial charge in [0.15, 0.2) is 0 Å². The number of hydrogen-bond donors (Lipinski definition) is 1. The molecule has 0 saturated heterocycles. The molecule has 0 radical (unpaired) electrons. The van der Waals surface area contributed by atoms with Crippen LogP contribution in [0.5, 0.6) is 0 Å². The standard InChI is InChI=1S/C14H13N5O/c1-15-10-6-7-16-11(8-10)9-19-14(20)12-4-2-3-5-13(12)17-18-19/h2-8H,9H2,1H3,(H,15,16). The fraction of sp³-hybridized carbons (Fsp3) is 0.143. The van der Waals surface area contributed by atoms with Crippen molar-refractivity contribution in [3.63, 3.8) is 0 Å². The number of benzene rings is 1. The summed E-state index contributed by atoms with van der Waals surface area (Å²) in [5, 5.41) is 11.6. The highest BCUT2D eigenvalue weighted by molar-refractivity contribution is 5.76. The monoisotopic (exact) mass is 267 g/mol. The molecule has 0 atom stereocenters. The van der Waals surface area contributed by atoms with Crippen LogP contribution in [-0.2, 0) is 6.54 Å². The van der Waals surface area contributed by atoms with Crippen LogP contribution in [0.4, 0.5) is 5.69 Å². The normalized spacial score (nSPS) is 10.7. The fourth-order valence-electron chi connectivity index (χ4n) is 2.00. The molecular formula is C14H13N5O. The molecule has 0 aliphatic rings. The summed E-state index contributed by atoms with van der Waals surface area (Å²) in [6.45, 7) is 0.298. The molecule has 100 valence electrons. The molecule has 2 aromatic heterocycles. The Morgan fingerprint density at radius 1 is 1.25 bits per heavy atom. The number of nitrogens with one attached hydrogen (secondary N) is 1. The third kappa shape index (κ3) is 2.23. The second-order valence-electron chi connectivity index (χ2n) is 4.36. The average Bonchev–Trinajstić information content (AvgIpc) is 2.50. The van der Waals surface area contributed by atoms with Crippen molar-refractivity contribution in [2.24, 2.45) is 0 Å². The van der Waals surface area contributed by atoms with E-state index >= 15 is 0 Å². The maximum Gasteiger partial charge on any atom is 0.277 e. The van der Waals surface area contributed by atoms with Gasteiger partial charge in [-0.25, -0.2) is 4.68 Å². The van der Waals surface area contributed by atoms with Crippen LogP contribution >= 0.6 is 0 Å². The molecule has 20 heavy (non-hydrogen) atoms. The second kappa shape index (κ2) is 5.08. The van der Waals surface area contributed by atoms with Gasteiger partial charge in [0.2, 0.25) is 0 Å². The first-order valence-electron chi connectivity index (χ1n) is 6.23. The van der Waals surface area contributed by atoms with E-state index in [2.05, 4.69) is 20.6 Å². The summed E-state index contributed by atoms with van der Waals surface area (Å²) in [6.07, 6.45) is 1.70. The van der Waals surface area contributed by atoms with E-state index in [4.69, 9.17) is 0 Å². The van der Waals surface area contributed by atoms with E-state index in [1.165, 1.54) is 4.68 Å². The minimum Gasteiger partial charge on any atom is -0.388 e. The first-order chi connectivity index (χ1) is 9.78. The number of aromatic nitrogens is 4. The summed E-state index contributed by atoms with van der Waals surface area (Å²) in [5.74, 6) is 0. The van der Waals surface area contributed by atoms with Gasteiger partial charge in [0.25, 0.3) is 5.56 Å². The number of hydrogen-bond acceptors (Lipinski definition) is 5. The van der Waals surface area contributed by atoms with Crippen LogP contribution in [0.25, 0.3) is 10.9 Å². The van der Waals surface area contributed by atoms with E-state index in [1.807, 2.05) is 31.3 Å². The molecule has 0 saturated carbocycles. The Morgan fingerprint density at radius 2 is 2.10 bits per heavy atom. The molecule has 2 heterocycles. The Balaban J connectivity index is 2.02. The molecule has 1 N–H and O–H groups in total. The number of pyridine rings is 1. The molecule has 6 heteroatoms. The van der Waals surface area contributed by atoms with E-state index in [9.17, 15) is 4.79 Å². The Morgan fingerprint density at radius 3 is 2.95 bits per heavy atom. The van der Waals surface area contributed by atoms with Crippen LogP contribution in [0.3, 0.4) is 0 Å². The summed E-state index contributed by atoms with van der Waals surface area (Å²) in [6, 6.07) is 10.9. The smallest absolute Gasteiger partial charge is 0.277 e. The molecule has 3 rings (SSSR count). The van der Waals surface area contributed by atoms with Gasteiger partial charge in [-0.3, -0.25) is 9.78 Å². The Labute approximate surface area is 115 Å². The van der Waals surface area contributed by atoms with Crippen molar-refractivity contribution in [3.05, 3.63) is 58.6 Å². The summed E-state index contributed by atoms with van der Waals surface area (Å²) in [4.78, 5) is 16.5. The van der Waals surface area contributed by atoms with Crippen molar-refractivity contribution in [1.82, 2.24) is 20.0 Å². The van der Waals surface area contributed by atoms with Gasteiger partial charge in [-0.05, 0) is 24.3 Å². The molecular weight excluding hydrogens is 254 g/mol. The zero-order valence-corrected chi connectivity index (χ0v) is 10.9. The Hall–Kier alpha value is -2.76. The average molecular weight is 267 g/mol. The van der Waals surface area contributed by atoms with Gasteiger partial charge >= 0.3 is 0 Å². The summed E-state index contributed by atoms with van der Waals surface area (Å²) in [5.41, 5.74) is 2.14. The molecule has 3 aromatic rings. The molecule has 0 aliphatic heterocycles. The van der Waals surface area contributed by atoms with Gasteiger partial charge in [0.1, 0.15) is 5.52 Å². The highest BCUT2D eigenvalue weighted by Crippen LogP contribution is 2.08. The maximum atomic E-state index is 12.3. The molecule has 0 bridgehead atoms. The zero-order chi connectivity index (χ0) is 13.9. The Kier molecular flexibility index (Phi) is 3.12. The molecule has 0 spiro atoms. The van der Waals surface area contributed by atoms with Gasteiger partial charge in [-0.1, -0.05) is 17.3 Å². The first-order valence-corrected chi connectivity index (χ1v) is 6.23. The second-order valence-corrected chi connectivity index (χ2v) is 4.36. The van der Waals surface area contributed by atoms with Gasteiger partial charge in [0.05, 0.1) is 17.6 Å². The van der Waals surface area contributed by atoms with Gasteiger partial charge in [0, 0.05) is 18.9 Å². The van der Waals surface area contributed by atoms with Crippen LogP contribution in [0.1, 0.15) is 5.69 Å². The van der Waals surface area contributed by atoms with E-state index < -0.39 is 0 Å². The number of fused-ring (bicyclic) bond motifs is 1. The van der Waals surface area contributed by atoms with Gasteiger partial charge in [-0.2, -0.15) is 0 Å².